The molecule has 0 saturated heterocycles. The van der Waals surface area contributed by atoms with Crippen molar-refractivity contribution < 1.29 is 14.3 Å². The fourth-order valence-electron chi connectivity index (χ4n) is 3.63. The molecule has 1 aliphatic carbocycles. The van der Waals surface area contributed by atoms with Crippen LogP contribution in [0.5, 0.6) is 11.5 Å². The Balaban J connectivity index is 1.84. The van der Waals surface area contributed by atoms with E-state index in [1.54, 1.807) is 24.3 Å². The summed E-state index contributed by atoms with van der Waals surface area (Å²) in [6.45, 7) is 2.36. The summed E-state index contributed by atoms with van der Waals surface area (Å²) < 4.78 is 11.6. The van der Waals surface area contributed by atoms with Gasteiger partial charge in [-0.15, -0.1) is 0 Å². The predicted octanol–water partition coefficient (Wildman–Crippen LogP) is 5.16. The summed E-state index contributed by atoms with van der Waals surface area (Å²) >= 11 is 6.47. The van der Waals surface area contributed by atoms with E-state index in [0.29, 0.717) is 29.2 Å². The van der Waals surface area contributed by atoms with Gasteiger partial charge in [0, 0.05) is 11.6 Å². The zero-order valence-electron chi connectivity index (χ0n) is 17.9. The van der Waals surface area contributed by atoms with Crippen LogP contribution < -0.4 is 14.8 Å². The first-order valence-corrected chi connectivity index (χ1v) is 10.9. The van der Waals surface area contributed by atoms with E-state index in [0.717, 1.165) is 31.2 Å². The molecule has 2 aromatic carbocycles. The molecule has 0 atom stereocenters. The molecule has 2 aromatic rings. The number of halogens is 1. The largest absolute Gasteiger partial charge is 0.490 e. The van der Waals surface area contributed by atoms with Gasteiger partial charge in [-0.05, 0) is 49.6 Å². The van der Waals surface area contributed by atoms with Crippen molar-refractivity contribution in [3.8, 4) is 23.6 Å². The maximum atomic E-state index is 12.5. The summed E-state index contributed by atoms with van der Waals surface area (Å²) in [7, 11) is 0. The number of nitrogens with one attached hydrogen (secondary N) is 1. The zero-order chi connectivity index (χ0) is 22.9. The van der Waals surface area contributed by atoms with E-state index in [4.69, 9.17) is 21.1 Å². The molecule has 0 heterocycles. The van der Waals surface area contributed by atoms with Crippen LogP contribution in [-0.4, -0.2) is 18.6 Å². The van der Waals surface area contributed by atoms with Gasteiger partial charge in [-0.25, -0.2) is 0 Å². The second kappa shape index (κ2) is 11.2. The van der Waals surface area contributed by atoms with E-state index in [1.807, 2.05) is 25.1 Å². The second-order valence-corrected chi connectivity index (χ2v) is 7.85. The van der Waals surface area contributed by atoms with Crippen molar-refractivity contribution in [3.05, 3.63) is 63.7 Å². The number of amides is 1. The van der Waals surface area contributed by atoms with Gasteiger partial charge in [-0.1, -0.05) is 42.6 Å². The fourth-order valence-corrected chi connectivity index (χ4v) is 3.90. The Kier molecular flexibility index (Phi) is 8.14. The maximum absolute atomic E-state index is 12.5. The molecule has 1 aliphatic rings. The van der Waals surface area contributed by atoms with Crippen LogP contribution in [0, 0.1) is 22.7 Å². The lowest BCUT2D eigenvalue weighted by Gasteiger charge is -2.15. The Hall–Kier alpha value is -3.48. The van der Waals surface area contributed by atoms with E-state index in [-0.39, 0.29) is 29.2 Å². The molecule has 0 aliphatic heterocycles. The van der Waals surface area contributed by atoms with Crippen molar-refractivity contribution in [2.75, 3.05) is 6.61 Å². The van der Waals surface area contributed by atoms with Gasteiger partial charge < -0.3 is 14.8 Å². The fraction of sp³-hybridized carbons (Fsp3) is 0.320. The molecule has 1 fully saturated rings. The molecule has 1 saturated carbocycles. The quantitative estimate of drug-likeness (QED) is 0.444. The number of hydrogen-bond acceptors (Lipinski definition) is 5. The maximum Gasteiger partial charge on any atom is 0.262 e. The average molecular weight is 450 g/mol. The Morgan fingerprint density at radius 1 is 1.22 bits per heavy atom. The third-order valence-corrected chi connectivity index (χ3v) is 5.49. The number of rotatable bonds is 8. The number of nitrogens with zero attached hydrogens (tertiary/aromatic N) is 2. The molecule has 32 heavy (non-hydrogen) atoms. The lowest BCUT2D eigenvalue weighted by atomic mass is 10.1. The van der Waals surface area contributed by atoms with Crippen LogP contribution >= 0.6 is 11.6 Å². The molecular weight excluding hydrogens is 426 g/mol. The molecule has 6 nitrogen and oxygen atoms in total. The van der Waals surface area contributed by atoms with Crippen molar-refractivity contribution >= 4 is 23.6 Å². The molecule has 1 amide bonds. The molecule has 0 unspecified atom stereocenters. The SMILES string of the molecule is CCOc1cc(/C=C(/C#N)C(=O)NC2CCCC2)cc(Cl)c1OCc1ccccc1C#N. The van der Waals surface area contributed by atoms with Gasteiger partial charge in [0.25, 0.3) is 5.91 Å². The first kappa shape index (κ1) is 23.2. The molecular formula is C25H24ClN3O3. The molecule has 1 N–H and O–H groups in total. The Bertz CT molecular complexity index is 1090. The van der Waals surface area contributed by atoms with E-state index >= 15 is 0 Å². The van der Waals surface area contributed by atoms with Gasteiger partial charge in [0.15, 0.2) is 11.5 Å². The van der Waals surface area contributed by atoms with Crippen LogP contribution in [0.25, 0.3) is 6.08 Å². The highest BCUT2D eigenvalue weighted by Gasteiger charge is 2.20. The molecule has 7 heteroatoms. The van der Waals surface area contributed by atoms with E-state index < -0.39 is 0 Å². The predicted molar refractivity (Wildman–Crippen MR) is 122 cm³/mol. The minimum Gasteiger partial charge on any atom is -0.490 e. The Morgan fingerprint density at radius 2 is 1.97 bits per heavy atom. The monoisotopic (exact) mass is 449 g/mol. The van der Waals surface area contributed by atoms with Crippen LogP contribution in [0.3, 0.4) is 0 Å². The van der Waals surface area contributed by atoms with Crippen molar-refractivity contribution in [1.29, 1.82) is 10.5 Å². The van der Waals surface area contributed by atoms with Gasteiger partial charge in [0.05, 0.1) is 23.3 Å². The molecule has 0 bridgehead atoms. The van der Waals surface area contributed by atoms with Gasteiger partial charge in [-0.3, -0.25) is 4.79 Å². The number of carbonyl (C=O) groups excluding carboxylic acids is 1. The molecule has 0 spiro atoms. The summed E-state index contributed by atoms with van der Waals surface area (Å²) in [5, 5.41) is 22.0. The summed E-state index contributed by atoms with van der Waals surface area (Å²) in [5.74, 6) is 0.350. The summed E-state index contributed by atoms with van der Waals surface area (Å²) in [5.41, 5.74) is 1.81. The third kappa shape index (κ3) is 5.81. The number of carbonyl (C=O) groups is 1. The summed E-state index contributed by atoms with van der Waals surface area (Å²) in [4.78, 5) is 12.5. The Morgan fingerprint density at radius 3 is 2.66 bits per heavy atom. The minimum atomic E-state index is -0.387. The van der Waals surface area contributed by atoms with Crippen LogP contribution in [0.2, 0.25) is 5.02 Å². The van der Waals surface area contributed by atoms with E-state index in [9.17, 15) is 15.3 Å². The van der Waals surface area contributed by atoms with Crippen LogP contribution in [0.15, 0.2) is 42.0 Å². The van der Waals surface area contributed by atoms with E-state index in [1.165, 1.54) is 6.08 Å². The van der Waals surface area contributed by atoms with Crippen LogP contribution in [0.4, 0.5) is 0 Å². The highest BCUT2D eigenvalue weighted by molar-refractivity contribution is 6.32. The normalized spacial score (nSPS) is 13.8. The Labute approximate surface area is 193 Å². The standard InChI is InChI=1S/C25H24ClN3O3/c1-2-31-23-13-17(11-20(15-28)25(30)29-21-9-5-6-10-21)12-22(26)24(23)32-16-19-8-4-3-7-18(19)14-27/h3-4,7-8,11-13,21H,2,5-6,9-10,16H2,1H3,(H,29,30)/b20-11-. The lowest BCUT2D eigenvalue weighted by molar-refractivity contribution is -0.117. The van der Waals surface area contributed by atoms with Crippen LogP contribution in [-0.2, 0) is 11.4 Å². The van der Waals surface area contributed by atoms with Gasteiger partial charge >= 0.3 is 0 Å². The highest BCUT2D eigenvalue weighted by atomic mass is 35.5. The topological polar surface area (TPSA) is 95.1 Å². The summed E-state index contributed by atoms with van der Waals surface area (Å²) in [6.07, 6.45) is 5.54. The minimum absolute atomic E-state index is 0.00651. The van der Waals surface area contributed by atoms with Gasteiger partial charge in [-0.2, -0.15) is 10.5 Å². The summed E-state index contributed by atoms with van der Waals surface area (Å²) in [6, 6.07) is 14.7. The first-order valence-electron chi connectivity index (χ1n) is 10.6. The molecule has 164 valence electrons. The molecule has 0 radical (unpaired) electrons. The first-order chi connectivity index (χ1) is 15.5. The zero-order valence-corrected chi connectivity index (χ0v) is 18.6. The van der Waals surface area contributed by atoms with Gasteiger partial charge in [0.2, 0.25) is 0 Å². The van der Waals surface area contributed by atoms with Crippen LogP contribution in [0.1, 0.15) is 49.3 Å². The number of nitriles is 2. The number of benzene rings is 2. The highest BCUT2D eigenvalue weighted by Crippen LogP contribution is 2.38. The van der Waals surface area contributed by atoms with Crippen molar-refractivity contribution in [1.82, 2.24) is 5.32 Å². The molecule has 3 rings (SSSR count). The number of ether oxygens (including phenoxy) is 2. The molecule has 0 aromatic heterocycles. The second-order valence-electron chi connectivity index (χ2n) is 7.45. The lowest BCUT2D eigenvalue weighted by Crippen LogP contribution is -2.33. The van der Waals surface area contributed by atoms with Crippen molar-refractivity contribution in [2.24, 2.45) is 0 Å². The average Bonchev–Trinajstić information content (AvgIpc) is 3.30. The third-order valence-electron chi connectivity index (χ3n) is 5.21. The van der Waals surface area contributed by atoms with Crippen molar-refractivity contribution in [2.45, 2.75) is 45.3 Å². The van der Waals surface area contributed by atoms with Gasteiger partial charge in [0.1, 0.15) is 18.2 Å². The van der Waals surface area contributed by atoms with Crippen molar-refractivity contribution in [3.63, 3.8) is 0 Å². The number of hydrogen-bond donors (Lipinski definition) is 1. The van der Waals surface area contributed by atoms with E-state index in [2.05, 4.69) is 11.4 Å². The smallest absolute Gasteiger partial charge is 0.262 e.